The summed E-state index contributed by atoms with van der Waals surface area (Å²) in [5.41, 5.74) is 1.82. The second-order valence-corrected chi connectivity index (χ2v) is 4.09. The second kappa shape index (κ2) is 3.82. The van der Waals surface area contributed by atoms with E-state index >= 15 is 0 Å². The summed E-state index contributed by atoms with van der Waals surface area (Å²) in [6.45, 7) is 1.88. The maximum absolute atomic E-state index is 5.85. The first kappa shape index (κ1) is 10.2. The number of para-hydroxylation sites is 1. The van der Waals surface area contributed by atoms with Crippen molar-refractivity contribution in [1.82, 2.24) is 19.7 Å². The second-order valence-electron chi connectivity index (χ2n) is 3.75. The molecule has 0 fully saturated rings. The van der Waals surface area contributed by atoms with Gasteiger partial charge in [0.1, 0.15) is 0 Å². The van der Waals surface area contributed by atoms with Crippen LogP contribution in [0.1, 0.15) is 5.69 Å². The molecule has 2 heterocycles. The summed E-state index contributed by atoms with van der Waals surface area (Å²) in [5, 5.41) is 5.62. The van der Waals surface area contributed by atoms with Crippen LogP contribution in [0.15, 0.2) is 36.5 Å². The van der Waals surface area contributed by atoms with Crippen molar-refractivity contribution in [1.29, 1.82) is 0 Å². The van der Waals surface area contributed by atoms with Crippen LogP contribution in [-0.4, -0.2) is 19.7 Å². The predicted molar refractivity (Wildman–Crippen MR) is 66.4 cm³/mol. The van der Waals surface area contributed by atoms with Crippen molar-refractivity contribution in [2.45, 2.75) is 6.92 Å². The Kier molecular flexibility index (Phi) is 2.30. The van der Waals surface area contributed by atoms with Crippen LogP contribution < -0.4 is 0 Å². The summed E-state index contributed by atoms with van der Waals surface area (Å²) in [5.74, 6) is 0.684. The van der Waals surface area contributed by atoms with Crippen LogP contribution in [0.5, 0.6) is 0 Å². The molecule has 0 radical (unpaired) electrons. The number of nitrogens with zero attached hydrogens (tertiary/aromatic N) is 4. The van der Waals surface area contributed by atoms with Crippen LogP contribution in [0.2, 0.25) is 5.28 Å². The Bertz CT molecular complexity index is 670. The molecule has 0 aliphatic carbocycles. The summed E-state index contributed by atoms with van der Waals surface area (Å²) < 4.78 is 1.76. The van der Waals surface area contributed by atoms with Gasteiger partial charge in [0, 0.05) is 17.1 Å². The SMILES string of the molecule is Cc1cc(-n2ncc3ccccc32)nc(Cl)n1. The minimum Gasteiger partial charge on any atom is -0.223 e. The van der Waals surface area contributed by atoms with E-state index in [1.54, 1.807) is 10.9 Å². The average molecular weight is 245 g/mol. The van der Waals surface area contributed by atoms with E-state index < -0.39 is 0 Å². The summed E-state index contributed by atoms with van der Waals surface area (Å²) in [4.78, 5) is 8.22. The lowest BCUT2D eigenvalue weighted by molar-refractivity contribution is 0.860. The Balaban J connectivity index is 2.27. The normalized spacial score (nSPS) is 10.9. The third-order valence-corrected chi connectivity index (χ3v) is 2.68. The fourth-order valence-corrected chi connectivity index (χ4v) is 2.00. The lowest BCUT2D eigenvalue weighted by Crippen LogP contribution is -2.01. The highest BCUT2D eigenvalue weighted by atomic mass is 35.5. The largest absolute Gasteiger partial charge is 0.224 e. The Morgan fingerprint density at radius 1 is 1.18 bits per heavy atom. The number of hydrogen-bond donors (Lipinski definition) is 0. The molecule has 0 aliphatic heterocycles. The highest BCUT2D eigenvalue weighted by Gasteiger charge is 2.07. The molecule has 3 rings (SSSR count). The third-order valence-electron chi connectivity index (χ3n) is 2.51. The van der Waals surface area contributed by atoms with E-state index in [-0.39, 0.29) is 5.28 Å². The van der Waals surface area contributed by atoms with E-state index in [2.05, 4.69) is 15.1 Å². The molecule has 5 heteroatoms. The molecular weight excluding hydrogens is 236 g/mol. The van der Waals surface area contributed by atoms with Crippen LogP contribution in [0, 0.1) is 6.92 Å². The smallest absolute Gasteiger partial charge is 0.223 e. The zero-order valence-corrected chi connectivity index (χ0v) is 9.89. The number of aromatic nitrogens is 4. The molecule has 0 spiro atoms. The first-order chi connectivity index (χ1) is 8.24. The van der Waals surface area contributed by atoms with Crippen molar-refractivity contribution in [3.05, 3.63) is 47.5 Å². The fraction of sp³-hybridized carbons (Fsp3) is 0.0833. The summed E-state index contributed by atoms with van der Waals surface area (Å²) in [6.07, 6.45) is 1.81. The van der Waals surface area contributed by atoms with E-state index in [9.17, 15) is 0 Å². The number of fused-ring (bicyclic) bond motifs is 1. The lowest BCUT2D eigenvalue weighted by atomic mass is 10.2. The van der Waals surface area contributed by atoms with Gasteiger partial charge in [-0.2, -0.15) is 10.1 Å². The van der Waals surface area contributed by atoms with Gasteiger partial charge in [-0.3, -0.25) is 0 Å². The Morgan fingerprint density at radius 3 is 2.82 bits per heavy atom. The Hall–Kier alpha value is -1.94. The minimum absolute atomic E-state index is 0.236. The van der Waals surface area contributed by atoms with Gasteiger partial charge >= 0.3 is 0 Å². The van der Waals surface area contributed by atoms with Gasteiger partial charge in [0.25, 0.3) is 0 Å². The highest BCUT2D eigenvalue weighted by Crippen LogP contribution is 2.17. The van der Waals surface area contributed by atoms with Crippen LogP contribution >= 0.6 is 11.6 Å². The van der Waals surface area contributed by atoms with Crippen LogP contribution in [0.3, 0.4) is 0 Å². The van der Waals surface area contributed by atoms with Gasteiger partial charge in [-0.25, -0.2) is 9.67 Å². The molecule has 84 valence electrons. The Morgan fingerprint density at radius 2 is 2.00 bits per heavy atom. The third kappa shape index (κ3) is 1.76. The molecule has 3 aromatic rings. The first-order valence-corrected chi connectivity index (χ1v) is 5.56. The van der Waals surface area contributed by atoms with Gasteiger partial charge in [0.2, 0.25) is 5.28 Å². The zero-order chi connectivity index (χ0) is 11.8. The molecule has 0 aliphatic rings. The molecule has 1 aromatic carbocycles. The Labute approximate surface area is 103 Å². The van der Waals surface area contributed by atoms with Crippen molar-refractivity contribution < 1.29 is 0 Å². The van der Waals surface area contributed by atoms with E-state index in [0.29, 0.717) is 5.82 Å². The first-order valence-electron chi connectivity index (χ1n) is 5.18. The minimum atomic E-state index is 0.236. The van der Waals surface area contributed by atoms with Crippen molar-refractivity contribution >= 4 is 22.5 Å². The molecule has 2 aromatic heterocycles. The van der Waals surface area contributed by atoms with Gasteiger partial charge in [-0.05, 0) is 24.6 Å². The van der Waals surface area contributed by atoms with Crippen molar-refractivity contribution in [3.63, 3.8) is 0 Å². The molecule has 4 nitrogen and oxygen atoms in total. The van der Waals surface area contributed by atoms with Gasteiger partial charge < -0.3 is 0 Å². The number of benzene rings is 1. The monoisotopic (exact) mass is 244 g/mol. The lowest BCUT2D eigenvalue weighted by Gasteiger charge is -2.03. The maximum atomic E-state index is 5.85. The van der Waals surface area contributed by atoms with E-state index in [1.165, 1.54) is 0 Å². The molecular formula is C12H9ClN4. The van der Waals surface area contributed by atoms with Crippen LogP contribution in [-0.2, 0) is 0 Å². The maximum Gasteiger partial charge on any atom is 0.224 e. The molecule has 0 unspecified atom stereocenters. The average Bonchev–Trinajstić information content (AvgIpc) is 2.71. The predicted octanol–water partition coefficient (Wildman–Crippen LogP) is 2.78. The van der Waals surface area contributed by atoms with E-state index in [1.807, 2.05) is 37.3 Å². The molecule has 17 heavy (non-hydrogen) atoms. The number of halogens is 1. The molecule has 0 atom stereocenters. The fourth-order valence-electron chi connectivity index (χ4n) is 1.78. The van der Waals surface area contributed by atoms with Crippen molar-refractivity contribution in [3.8, 4) is 5.82 Å². The quantitative estimate of drug-likeness (QED) is 0.618. The number of hydrogen-bond acceptors (Lipinski definition) is 3. The standard InChI is InChI=1S/C12H9ClN4/c1-8-6-11(16-12(13)15-8)17-10-5-3-2-4-9(10)7-14-17/h2-7H,1H3. The van der Waals surface area contributed by atoms with E-state index in [4.69, 9.17) is 11.6 Å². The molecule has 0 saturated heterocycles. The molecule has 0 N–H and O–H groups in total. The molecule has 0 bridgehead atoms. The topological polar surface area (TPSA) is 43.6 Å². The van der Waals surface area contributed by atoms with Crippen molar-refractivity contribution in [2.75, 3.05) is 0 Å². The van der Waals surface area contributed by atoms with Gasteiger partial charge in [0.05, 0.1) is 11.7 Å². The van der Waals surface area contributed by atoms with Crippen LogP contribution in [0.25, 0.3) is 16.7 Å². The molecule has 0 amide bonds. The highest BCUT2D eigenvalue weighted by molar-refractivity contribution is 6.28. The van der Waals surface area contributed by atoms with Gasteiger partial charge in [-0.1, -0.05) is 18.2 Å². The zero-order valence-electron chi connectivity index (χ0n) is 9.13. The van der Waals surface area contributed by atoms with E-state index in [0.717, 1.165) is 16.6 Å². The van der Waals surface area contributed by atoms with Gasteiger partial charge in [0.15, 0.2) is 5.82 Å². The summed E-state index contributed by atoms with van der Waals surface area (Å²) in [7, 11) is 0. The summed E-state index contributed by atoms with van der Waals surface area (Å²) >= 11 is 5.85. The summed E-state index contributed by atoms with van der Waals surface area (Å²) in [6, 6.07) is 9.80. The van der Waals surface area contributed by atoms with Crippen LogP contribution in [0.4, 0.5) is 0 Å². The molecule has 0 saturated carbocycles. The van der Waals surface area contributed by atoms with Gasteiger partial charge in [-0.15, -0.1) is 0 Å². The number of aryl methyl sites for hydroxylation is 1. The van der Waals surface area contributed by atoms with Crippen molar-refractivity contribution in [2.24, 2.45) is 0 Å². The number of rotatable bonds is 1.